The minimum absolute atomic E-state index is 0.456. The molecule has 0 rings (SSSR count). The Morgan fingerprint density at radius 2 is 2.00 bits per heavy atom. The first-order valence-electron chi connectivity index (χ1n) is 3.38. The molecular weight excluding hydrogens is 164 g/mol. The fourth-order valence-electron chi connectivity index (χ4n) is 0.501. The predicted octanol–water partition coefficient (Wildman–Crippen LogP) is -1.37. The van der Waals surface area contributed by atoms with Gasteiger partial charge in [-0.05, 0) is 0 Å². The van der Waals surface area contributed by atoms with Crippen molar-refractivity contribution in [3.05, 3.63) is 12.7 Å². The Labute approximate surface area is 69.9 Å². The van der Waals surface area contributed by atoms with E-state index in [4.69, 9.17) is 15.3 Å². The first-order valence-corrected chi connectivity index (χ1v) is 3.38. The summed E-state index contributed by atoms with van der Waals surface area (Å²) in [7, 11) is 0. The van der Waals surface area contributed by atoms with Crippen LogP contribution in [-0.2, 0) is 9.53 Å². The Balaban J connectivity index is 3.91. The molecule has 0 aliphatic rings. The number of esters is 1. The van der Waals surface area contributed by atoms with Crippen molar-refractivity contribution >= 4 is 5.97 Å². The second-order valence-electron chi connectivity index (χ2n) is 2.16. The molecule has 3 N–H and O–H groups in total. The first-order chi connectivity index (χ1) is 5.65. The summed E-state index contributed by atoms with van der Waals surface area (Å²) >= 11 is 0. The Bertz CT molecular complexity index is 152. The lowest BCUT2D eigenvalue weighted by Crippen LogP contribution is -2.31. The average molecular weight is 176 g/mol. The van der Waals surface area contributed by atoms with Crippen molar-refractivity contribution < 1.29 is 24.9 Å². The van der Waals surface area contributed by atoms with Gasteiger partial charge in [0.25, 0.3) is 0 Å². The van der Waals surface area contributed by atoms with Crippen LogP contribution in [0.2, 0.25) is 0 Å². The number of ether oxygens (including phenoxy) is 1. The molecule has 0 radical (unpaired) electrons. The highest BCUT2D eigenvalue weighted by molar-refractivity contribution is 5.81. The minimum atomic E-state index is -1.49. The van der Waals surface area contributed by atoms with Gasteiger partial charge in [0.1, 0.15) is 0 Å². The summed E-state index contributed by atoms with van der Waals surface area (Å²) in [5, 5.41) is 26.1. The summed E-state index contributed by atoms with van der Waals surface area (Å²) in [5.41, 5.74) is 0. The highest BCUT2D eigenvalue weighted by Crippen LogP contribution is 2.03. The third kappa shape index (κ3) is 3.47. The summed E-state index contributed by atoms with van der Waals surface area (Å²) in [6.45, 7) is 2.20. The monoisotopic (exact) mass is 176 g/mol. The van der Waals surface area contributed by atoms with Crippen molar-refractivity contribution in [2.45, 2.75) is 6.29 Å². The molecule has 0 spiro atoms. The fourth-order valence-corrected chi connectivity index (χ4v) is 0.501. The smallest absolute Gasteiger partial charge is 0.332 e. The normalized spacial score (nSPS) is 12.7. The van der Waals surface area contributed by atoms with E-state index < -0.39 is 31.4 Å². The average Bonchev–Trinajstić information content (AvgIpc) is 2.06. The molecule has 0 aromatic carbocycles. The summed E-state index contributed by atoms with van der Waals surface area (Å²) in [5.74, 6) is -1.66. The van der Waals surface area contributed by atoms with Crippen molar-refractivity contribution in [1.29, 1.82) is 0 Å². The van der Waals surface area contributed by atoms with Crippen LogP contribution in [0.1, 0.15) is 0 Å². The lowest BCUT2D eigenvalue weighted by atomic mass is 10.2. The molecular formula is C7H12O5. The third-order valence-corrected chi connectivity index (χ3v) is 1.28. The Kier molecular flexibility index (Phi) is 5.27. The number of hydrogen-bond donors (Lipinski definition) is 3. The van der Waals surface area contributed by atoms with E-state index in [1.807, 2.05) is 0 Å². The van der Waals surface area contributed by atoms with Crippen molar-refractivity contribution in [2.24, 2.45) is 5.92 Å². The van der Waals surface area contributed by atoms with Crippen LogP contribution in [0.5, 0.6) is 0 Å². The molecule has 0 heterocycles. The second-order valence-corrected chi connectivity index (χ2v) is 2.16. The molecule has 0 saturated carbocycles. The van der Waals surface area contributed by atoms with Gasteiger partial charge in [-0.2, -0.15) is 0 Å². The van der Waals surface area contributed by atoms with Crippen molar-refractivity contribution in [2.75, 3.05) is 13.2 Å². The molecule has 0 aliphatic heterocycles. The van der Waals surface area contributed by atoms with Crippen LogP contribution < -0.4 is 0 Å². The van der Waals surface area contributed by atoms with Crippen LogP contribution >= 0.6 is 0 Å². The molecule has 0 aliphatic carbocycles. The molecule has 0 aromatic rings. The van der Waals surface area contributed by atoms with E-state index in [2.05, 4.69) is 11.3 Å². The SMILES string of the molecule is C=CC(=O)OC(O)C(CO)CO. The van der Waals surface area contributed by atoms with Gasteiger partial charge in [-0.1, -0.05) is 6.58 Å². The van der Waals surface area contributed by atoms with E-state index in [-0.39, 0.29) is 0 Å². The van der Waals surface area contributed by atoms with Gasteiger partial charge in [0, 0.05) is 6.08 Å². The fraction of sp³-hybridized carbons (Fsp3) is 0.571. The van der Waals surface area contributed by atoms with E-state index in [9.17, 15) is 4.79 Å². The van der Waals surface area contributed by atoms with Crippen LogP contribution in [0.4, 0.5) is 0 Å². The van der Waals surface area contributed by atoms with Crippen molar-refractivity contribution in [3.8, 4) is 0 Å². The maximum absolute atomic E-state index is 10.5. The van der Waals surface area contributed by atoms with E-state index >= 15 is 0 Å². The molecule has 5 nitrogen and oxygen atoms in total. The second kappa shape index (κ2) is 5.70. The molecule has 1 atom stereocenters. The number of aliphatic hydroxyl groups is 3. The largest absolute Gasteiger partial charge is 0.432 e. The zero-order chi connectivity index (χ0) is 9.56. The molecule has 0 amide bonds. The Hall–Kier alpha value is -0.910. The molecule has 0 saturated heterocycles. The molecule has 12 heavy (non-hydrogen) atoms. The van der Waals surface area contributed by atoms with E-state index in [1.165, 1.54) is 0 Å². The zero-order valence-electron chi connectivity index (χ0n) is 6.51. The molecule has 5 heteroatoms. The van der Waals surface area contributed by atoms with Crippen LogP contribution in [0.3, 0.4) is 0 Å². The van der Waals surface area contributed by atoms with Crippen molar-refractivity contribution in [3.63, 3.8) is 0 Å². The molecule has 0 fully saturated rings. The number of aliphatic hydroxyl groups excluding tert-OH is 3. The maximum atomic E-state index is 10.5. The summed E-state index contributed by atoms with van der Waals surface area (Å²) < 4.78 is 4.32. The van der Waals surface area contributed by atoms with Gasteiger partial charge in [-0.3, -0.25) is 0 Å². The standard InChI is InChI=1S/C7H12O5/c1-2-6(10)12-7(11)5(3-8)4-9/h2,5,7-9,11H,1,3-4H2. The maximum Gasteiger partial charge on any atom is 0.332 e. The van der Waals surface area contributed by atoms with E-state index in [0.717, 1.165) is 6.08 Å². The van der Waals surface area contributed by atoms with Crippen LogP contribution in [0.15, 0.2) is 12.7 Å². The zero-order valence-corrected chi connectivity index (χ0v) is 6.51. The highest BCUT2D eigenvalue weighted by atomic mass is 16.6. The Morgan fingerprint density at radius 3 is 2.33 bits per heavy atom. The summed E-state index contributed by atoms with van der Waals surface area (Å²) in [6, 6.07) is 0. The number of hydrogen-bond acceptors (Lipinski definition) is 5. The molecule has 0 bridgehead atoms. The lowest BCUT2D eigenvalue weighted by Gasteiger charge is -2.17. The van der Waals surface area contributed by atoms with Crippen LogP contribution in [-0.4, -0.2) is 40.8 Å². The molecule has 70 valence electrons. The highest BCUT2D eigenvalue weighted by Gasteiger charge is 2.20. The van der Waals surface area contributed by atoms with Gasteiger partial charge in [-0.25, -0.2) is 4.79 Å². The number of rotatable bonds is 5. The van der Waals surface area contributed by atoms with Gasteiger partial charge >= 0.3 is 5.97 Å². The topological polar surface area (TPSA) is 87.0 Å². The summed E-state index contributed by atoms with van der Waals surface area (Å²) in [6.07, 6.45) is -0.611. The lowest BCUT2D eigenvalue weighted by molar-refractivity contribution is -0.176. The van der Waals surface area contributed by atoms with Gasteiger partial charge in [-0.15, -0.1) is 0 Å². The number of carbonyl (C=O) groups is 1. The van der Waals surface area contributed by atoms with Gasteiger partial charge in [0.2, 0.25) is 6.29 Å². The molecule has 1 unspecified atom stereocenters. The van der Waals surface area contributed by atoms with Gasteiger partial charge < -0.3 is 20.1 Å². The van der Waals surface area contributed by atoms with Crippen molar-refractivity contribution in [1.82, 2.24) is 0 Å². The molecule has 0 aromatic heterocycles. The number of carbonyl (C=O) groups excluding carboxylic acids is 1. The summed E-state index contributed by atoms with van der Waals surface area (Å²) in [4.78, 5) is 10.5. The minimum Gasteiger partial charge on any atom is -0.432 e. The Morgan fingerprint density at radius 1 is 1.50 bits per heavy atom. The first kappa shape index (κ1) is 11.1. The van der Waals surface area contributed by atoms with Crippen LogP contribution in [0.25, 0.3) is 0 Å². The quantitative estimate of drug-likeness (QED) is 0.273. The third-order valence-electron chi connectivity index (χ3n) is 1.28. The predicted molar refractivity (Wildman–Crippen MR) is 40.0 cm³/mol. The van der Waals surface area contributed by atoms with E-state index in [1.54, 1.807) is 0 Å². The van der Waals surface area contributed by atoms with Crippen LogP contribution in [0, 0.1) is 5.92 Å². The van der Waals surface area contributed by atoms with Gasteiger partial charge in [0.15, 0.2) is 0 Å². The van der Waals surface area contributed by atoms with E-state index in [0.29, 0.717) is 0 Å². The van der Waals surface area contributed by atoms with Gasteiger partial charge in [0.05, 0.1) is 19.1 Å².